The van der Waals surface area contributed by atoms with E-state index in [9.17, 15) is 0 Å². The van der Waals surface area contributed by atoms with E-state index in [2.05, 4.69) is 24.2 Å². The average Bonchev–Trinajstić information content (AvgIpc) is 2.66. The number of nitrogens with two attached hydrogens (primary N) is 1. The van der Waals surface area contributed by atoms with Gasteiger partial charge in [0.15, 0.2) is 17.5 Å². The maximum absolute atomic E-state index is 6.13. The summed E-state index contributed by atoms with van der Waals surface area (Å²) < 4.78 is 16.4. The molecule has 6 nitrogen and oxygen atoms in total. The standard InChI is InChI=1S/C20H24ClN3O3.HI/c1-20(2,13-4-6-17-18(10-13)27-9-8-26-17)12-23-19(22)24-14-5-7-16(25-3)15(21)11-14;/h4-7,10-11H,8-9,12H2,1-3H3,(H3,22,23,24);1H. The van der Waals surface area contributed by atoms with Gasteiger partial charge in [-0.05, 0) is 35.9 Å². The van der Waals surface area contributed by atoms with Crippen molar-refractivity contribution in [1.82, 2.24) is 0 Å². The Hall–Kier alpha value is -1.87. The van der Waals surface area contributed by atoms with Gasteiger partial charge in [-0.25, -0.2) is 0 Å². The predicted molar refractivity (Wildman–Crippen MR) is 124 cm³/mol. The van der Waals surface area contributed by atoms with Crippen LogP contribution in [0.2, 0.25) is 5.02 Å². The van der Waals surface area contributed by atoms with E-state index in [1.807, 2.05) is 24.3 Å². The van der Waals surface area contributed by atoms with E-state index in [0.29, 0.717) is 36.5 Å². The van der Waals surface area contributed by atoms with Gasteiger partial charge >= 0.3 is 0 Å². The van der Waals surface area contributed by atoms with Crippen molar-refractivity contribution >= 4 is 47.2 Å². The molecule has 0 bridgehead atoms. The summed E-state index contributed by atoms with van der Waals surface area (Å²) in [6.07, 6.45) is 0. The highest BCUT2D eigenvalue weighted by Crippen LogP contribution is 2.35. The van der Waals surface area contributed by atoms with Gasteiger partial charge in [-0.2, -0.15) is 0 Å². The number of fused-ring (bicyclic) bond motifs is 1. The van der Waals surface area contributed by atoms with Crippen LogP contribution >= 0.6 is 35.6 Å². The summed E-state index contributed by atoms with van der Waals surface area (Å²) in [5.41, 5.74) is 7.68. The third kappa shape index (κ3) is 5.35. The summed E-state index contributed by atoms with van der Waals surface area (Å²) in [4.78, 5) is 4.49. The number of benzene rings is 2. The lowest BCUT2D eigenvalue weighted by atomic mass is 9.84. The van der Waals surface area contributed by atoms with Gasteiger partial charge in [-0.3, -0.25) is 4.99 Å². The fourth-order valence-electron chi connectivity index (χ4n) is 2.77. The van der Waals surface area contributed by atoms with Gasteiger partial charge in [0.1, 0.15) is 19.0 Å². The minimum Gasteiger partial charge on any atom is -0.495 e. The molecule has 3 N–H and O–H groups in total. The van der Waals surface area contributed by atoms with Crippen molar-refractivity contribution in [3.8, 4) is 17.2 Å². The number of anilines is 1. The smallest absolute Gasteiger partial charge is 0.193 e. The summed E-state index contributed by atoms with van der Waals surface area (Å²) in [5, 5.41) is 3.56. The number of guanidine groups is 1. The van der Waals surface area contributed by atoms with Crippen molar-refractivity contribution in [2.45, 2.75) is 19.3 Å². The molecular weight excluding hydrogens is 493 g/mol. The Morgan fingerprint density at radius 3 is 2.57 bits per heavy atom. The highest BCUT2D eigenvalue weighted by atomic mass is 127. The van der Waals surface area contributed by atoms with Crippen LogP contribution in [0.5, 0.6) is 17.2 Å². The van der Waals surface area contributed by atoms with Crippen LogP contribution in [0.15, 0.2) is 41.4 Å². The van der Waals surface area contributed by atoms with Crippen LogP contribution < -0.4 is 25.3 Å². The van der Waals surface area contributed by atoms with E-state index in [1.165, 1.54) is 0 Å². The molecule has 0 spiro atoms. The summed E-state index contributed by atoms with van der Waals surface area (Å²) in [7, 11) is 1.57. The number of ether oxygens (including phenoxy) is 3. The first-order chi connectivity index (χ1) is 12.9. The maximum Gasteiger partial charge on any atom is 0.193 e. The van der Waals surface area contributed by atoms with Crippen LogP contribution in [-0.4, -0.2) is 32.8 Å². The van der Waals surface area contributed by atoms with Crippen molar-refractivity contribution in [2.24, 2.45) is 10.7 Å². The number of halogens is 2. The minimum atomic E-state index is -0.223. The van der Waals surface area contributed by atoms with E-state index in [0.717, 1.165) is 22.7 Å². The molecule has 0 fully saturated rings. The number of aliphatic imine (C=N–C) groups is 1. The Labute approximate surface area is 187 Å². The van der Waals surface area contributed by atoms with Crippen molar-refractivity contribution in [2.75, 3.05) is 32.2 Å². The van der Waals surface area contributed by atoms with Crippen molar-refractivity contribution in [3.63, 3.8) is 0 Å². The third-order valence-corrected chi connectivity index (χ3v) is 4.69. The number of nitrogens with zero attached hydrogens (tertiary/aromatic N) is 1. The normalized spacial score (nSPS) is 13.5. The number of hydrogen-bond acceptors (Lipinski definition) is 4. The van der Waals surface area contributed by atoms with Crippen LogP contribution in [0.1, 0.15) is 19.4 Å². The Morgan fingerprint density at radius 1 is 1.18 bits per heavy atom. The van der Waals surface area contributed by atoms with Crippen LogP contribution in [0.3, 0.4) is 0 Å². The van der Waals surface area contributed by atoms with E-state index >= 15 is 0 Å². The van der Waals surface area contributed by atoms with Crippen molar-refractivity contribution < 1.29 is 14.2 Å². The zero-order chi connectivity index (χ0) is 19.4. The van der Waals surface area contributed by atoms with E-state index in [1.54, 1.807) is 19.2 Å². The zero-order valence-corrected chi connectivity index (χ0v) is 19.2. The first kappa shape index (κ1) is 22.4. The van der Waals surface area contributed by atoms with Crippen LogP contribution in [0, 0.1) is 0 Å². The fraction of sp³-hybridized carbons (Fsp3) is 0.350. The average molecular weight is 518 g/mol. The largest absolute Gasteiger partial charge is 0.495 e. The Balaban J connectivity index is 0.00000280. The molecule has 0 radical (unpaired) electrons. The molecule has 2 aromatic carbocycles. The van der Waals surface area contributed by atoms with E-state index in [4.69, 9.17) is 31.5 Å². The molecule has 3 rings (SSSR count). The molecular formula is C20H25ClIN3O3. The van der Waals surface area contributed by atoms with E-state index in [-0.39, 0.29) is 29.4 Å². The second kappa shape index (κ2) is 9.56. The fourth-order valence-corrected chi connectivity index (χ4v) is 3.03. The molecule has 0 saturated carbocycles. The monoisotopic (exact) mass is 517 g/mol. The van der Waals surface area contributed by atoms with Gasteiger partial charge in [0.25, 0.3) is 0 Å². The molecule has 0 aromatic heterocycles. The predicted octanol–water partition coefficient (Wildman–Crippen LogP) is 4.44. The molecule has 28 heavy (non-hydrogen) atoms. The molecule has 8 heteroatoms. The van der Waals surface area contributed by atoms with Gasteiger partial charge in [0, 0.05) is 11.1 Å². The summed E-state index contributed by atoms with van der Waals surface area (Å²) in [6, 6.07) is 11.3. The molecule has 2 aromatic rings. The molecule has 1 aliphatic rings. The van der Waals surface area contributed by atoms with Gasteiger partial charge in [0.05, 0.1) is 18.7 Å². The molecule has 1 heterocycles. The second-order valence-electron chi connectivity index (χ2n) is 6.92. The van der Waals surface area contributed by atoms with Crippen molar-refractivity contribution in [3.05, 3.63) is 47.0 Å². The molecule has 0 aliphatic carbocycles. The molecule has 0 unspecified atom stereocenters. The molecule has 1 aliphatic heterocycles. The molecule has 0 amide bonds. The highest BCUT2D eigenvalue weighted by molar-refractivity contribution is 14.0. The van der Waals surface area contributed by atoms with Gasteiger partial charge < -0.3 is 25.3 Å². The van der Waals surface area contributed by atoms with Crippen LogP contribution in [-0.2, 0) is 5.41 Å². The van der Waals surface area contributed by atoms with Crippen LogP contribution in [0.25, 0.3) is 0 Å². The molecule has 152 valence electrons. The van der Waals surface area contributed by atoms with Gasteiger partial charge in [0.2, 0.25) is 0 Å². The minimum absolute atomic E-state index is 0. The number of nitrogens with one attached hydrogen (secondary N) is 1. The molecule has 0 saturated heterocycles. The lowest BCUT2D eigenvalue weighted by Gasteiger charge is -2.26. The highest BCUT2D eigenvalue weighted by Gasteiger charge is 2.23. The van der Waals surface area contributed by atoms with Crippen molar-refractivity contribution in [1.29, 1.82) is 0 Å². The number of hydrogen-bond donors (Lipinski definition) is 2. The lowest BCUT2D eigenvalue weighted by Crippen LogP contribution is -2.28. The summed E-state index contributed by atoms with van der Waals surface area (Å²) in [6.45, 7) is 5.88. The Morgan fingerprint density at radius 2 is 1.89 bits per heavy atom. The zero-order valence-electron chi connectivity index (χ0n) is 16.1. The second-order valence-corrected chi connectivity index (χ2v) is 7.33. The van der Waals surface area contributed by atoms with Crippen LogP contribution in [0.4, 0.5) is 5.69 Å². The van der Waals surface area contributed by atoms with E-state index < -0.39 is 0 Å². The van der Waals surface area contributed by atoms with Gasteiger partial charge in [-0.15, -0.1) is 24.0 Å². The maximum atomic E-state index is 6.13. The topological polar surface area (TPSA) is 78.1 Å². The number of rotatable bonds is 5. The SMILES string of the molecule is COc1ccc(NC(N)=NCC(C)(C)c2ccc3c(c2)OCCO3)cc1Cl.I. The first-order valence-corrected chi connectivity index (χ1v) is 9.07. The van der Waals surface area contributed by atoms with Gasteiger partial charge in [-0.1, -0.05) is 31.5 Å². The lowest BCUT2D eigenvalue weighted by molar-refractivity contribution is 0.171. The third-order valence-electron chi connectivity index (χ3n) is 4.39. The first-order valence-electron chi connectivity index (χ1n) is 8.70. The Kier molecular flexibility index (Phi) is 7.65. The number of methoxy groups -OCH3 is 1. The molecule has 0 atom stereocenters. The summed E-state index contributed by atoms with van der Waals surface area (Å²) >= 11 is 6.13. The summed E-state index contributed by atoms with van der Waals surface area (Å²) in [5.74, 6) is 2.48. The quantitative estimate of drug-likeness (QED) is 0.348. The Bertz CT molecular complexity index is 859.